The summed E-state index contributed by atoms with van der Waals surface area (Å²) in [6.07, 6.45) is 2.27. The molecule has 0 bridgehead atoms. The van der Waals surface area contributed by atoms with E-state index in [0.717, 1.165) is 29.9 Å². The monoisotopic (exact) mass is 270 g/mol. The van der Waals surface area contributed by atoms with Crippen LogP contribution in [0.1, 0.15) is 43.9 Å². The van der Waals surface area contributed by atoms with Gasteiger partial charge < -0.3 is 9.84 Å². The number of hydrogen-bond acceptors (Lipinski definition) is 2. The fourth-order valence-corrected chi connectivity index (χ4v) is 2.27. The number of hydrogen-bond donors (Lipinski definition) is 1. The maximum absolute atomic E-state index is 10.1. The molecule has 1 N–H and O–H groups in total. The summed E-state index contributed by atoms with van der Waals surface area (Å²) in [7, 11) is 0. The molecule has 2 rings (SSSR count). The number of ether oxygens (including phenoxy) is 1. The number of para-hydroxylation sites is 2. The molecular formula is C18H22O2. The first-order chi connectivity index (χ1) is 9.76. The molecule has 2 nitrogen and oxygen atoms in total. The van der Waals surface area contributed by atoms with E-state index >= 15 is 0 Å². The highest BCUT2D eigenvalue weighted by atomic mass is 16.5. The first kappa shape index (κ1) is 14.6. The van der Waals surface area contributed by atoms with Crippen LogP contribution < -0.4 is 4.74 Å². The van der Waals surface area contributed by atoms with E-state index in [1.165, 1.54) is 5.56 Å². The van der Waals surface area contributed by atoms with Crippen molar-refractivity contribution >= 4 is 0 Å². The predicted octanol–water partition coefficient (Wildman–Crippen LogP) is 4.87. The zero-order valence-corrected chi connectivity index (χ0v) is 12.2. The summed E-state index contributed by atoms with van der Waals surface area (Å²) in [6, 6.07) is 15.8. The molecule has 2 heteroatoms. The van der Waals surface area contributed by atoms with Crippen LogP contribution in [0.4, 0.5) is 0 Å². The quantitative estimate of drug-likeness (QED) is 0.811. The van der Waals surface area contributed by atoms with Gasteiger partial charge in [-0.3, -0.25) is 0 Å². The van der Waals surface area contributed by atoms with Crippen molar-refractivity contribution in [1.82, 2.24) is 0 Å². The van der Waals surface area contributed by atoms with E-state index in [2.05, 4.69) is 13.0 Å². The van der Waals surface area contributed by atoms with Gasteiger partial charge in [-0.1, -0.05) is 56.7 Å². The number of rotatable bonds is 6. The van der Waals surface area contributed by atoms with Gasteiger partial charge in [0.25, 0.3) is 0 Å². The minimum absolute atomic E-state index is 0.482. The second kappa shape index (κ2) is 7.11. The normalized spacial score (nSPS) is 12.2. The van der Waals surface area contributed by atoms with Crippen LogP contribution in [0.5, 0.6) is 11.5 Å². The van der Waals surface area contributed by atoms with E-state index < -0.39 is 6.10 Å². The highest BCUT2D eigenvalue weighted by Crippen LogP contribution is 2.32. The van der Waals surface area contributed by atoms with Crippen LogP contribution in [0, 0.1) is 0 Å². The van der Waals surface area contributed by atoms with E-state index in [1.54, 1.807) is 0 Å². The fraction of sp³-hybridized carbons (Fsp3) is 0.333. The lowest BCUT2D eigenvalue weighted by molar-refractivity contribution is 0.170. The second-order valence-corrected chi connectivity index (χ2v) is 4.92. The van der Waals surface area contributed by atoms with Crippen molar-refractivity contribution in [3.05, 3.63) is 59.7 Å². The van der Waals surface area contributed by atoms with Crippen LogP contribution in [-0.2, 0) is 6.42 Å². The maximum atomic E-state index is 10.1. The molecule has 0 saturated heterocycles. The fourth-order valence-electron chi connectivity index (χ4n) is 2.27. The second-order valence-electron chi connectivity index (χ2n) is 4.92. The summed E-state index contributed by atoms with van der Waals surface area (Å²) in [5, 5.41) is 10.1. The van der Waals surface area contributed by atoms with Crippen LogP contribution >= 0.6 is 0 Å². The molecule has 0 fully saturated rings. The van der Waals surface area contributed by atoms with Gasteiger partial charge in [0.2, 0.25) is 0 Å². The lowest BCUT2D eigenvalue weighted by Crippen LogP contribution is -1.99. The van der Waals surface area contributed by atoms with Gasteiger partial charge in [-0.2, -0.15) is 0 Å². The van der Waals surface area contributed by atoms with Crippen molar-refractivity contribution in [2.45, 2.75) is 39.2 Å². The molecule has 0 aromatic heterocycles. The third-order valence-electron chi connectivity index (χ3n) is 3.38. The molecule has 0 heterocycles. The molecule has 0 spiro atoms. The SMILES string of the molecule is CCCc1ccccc1Oc1ccccc1C(O)CC. The Hall–Kier alpha value is -1.80. The van der Waals surface area contributed by atoms with Crippen molar-refractivity contribution in [3.63, 3.8) is 0 Å². The molecule has 0 aliphatic heterocycles. The molecule has 0 aliphatic rings. The Morgan fingerprint density at radius 2 is 1.60 bits per heavy atom. The van der Waals surface area contributed by atoms with E-state index in [1.807, 2.05) is 49.4 Å². The molecular weight excluding hydrogens is 248 g/mol. The van der Waals surface area contributed by atoms with Gasteiger partial charge in [-0.25, -0.2) is 0 Å². The Morgan fingerprint density at radius 3 is 2.30 bits per heavy atom. The van der Waals surface area contributed by atoms with Crippen molar-refractivity contribution in [2.24, 2.45) is 0 Å². The van der Waals surface area contributed by atoms with Crippen molar-refractivity contribution in [3.8, 4) is 11.5 Å². The molecule has 106 valence electrons. The third-order valence-corrected chi connectivity index (χ3v) is 3.38. The lowest BCUT2D eigenvalue weighted by atomic mass is 10.1. The molecule has 0 aliphatic carbocycles. The summed E-state index contributed by atoms with van der Waals surface area (Å²) >= 11 is 0. The van der Waals surface area contributed by atoms with E-state index in [-0.39, 0.29) is 0 Å². The highest BCUT2D eigenvalue weighted by Gasteiger charge is 2.12. The summed E-state index contributed by atoms with van der Waals surface area (Å²) in [5.74, 6) is 1.62. The Kier molecular flexibility index (Phi) is 5.19. The van der Waals surface area contributed by atoms with Gasteiger partial charge >= 0.3 is 0 Å². The van der Waals surface area contributed by atoms with Crippen LogP contribution in [0.3, 0.4) is 0 Å². The molecule has 1 atom stereocenters. The van der Waals surface area contributed by atoms with E-state index in [0.29, 0.717) is 6.42 Å². The van der Waals surface area contributed by atoms with Crippen LogP contribution in [-0.4, -0.2) is 5.11 Å². The largest absolute Gasteiger partial charge is 0.457 e. The first-order valence-electron chi connectivity index (χ1n) is 7.29. The minimum atomic E-state index is -0.482. The Balaban J connectivity index is 2.30. The zero-order valence-electron chi connectivity index (χ0n) is 12.2. The molecule has 2 aromatic carbocycles. The van der Waals surface area contributed by atoms with E-state index in [4.69, 9.17) is 4.74 Å². The summed E-state index contributed by atoms with van der Waals surface area (Å²) in [6.45, 7) is 4.12. The first-order valence-corrected chi connectivity index (χ1v) is 7.29. The average Bonchev–Trinajstić information content (AvgIpc) is 2.49. The number of aliphatic hydroxyl groups excluding tert-OH is 1. The summed E-state index contributed by atoms with van der Waals surface area (Å²) < 4.78 is 6.06. The molecule has 0 radical (unpaired) electrons. The minimum Gasteiger partial charge on any atom is -0.457 e. The molecule has 1 unspecified atom stereocenters. The van der Waals surface area contributed by atoms with Crippen LogP contribution in [0.2, 0.25) is 0 Å². The Morgan fingerprint density at radius 1 is 0.950 bits per heavy atom. The summed E-state index contributed by atoms with van der Waals surface area (Å²) in [4.78, 5) is 0. The van der Waals surface area contributed by atoms with Gasteiger partial charge in [-0.05, 0) is 30.5 Å². The maximum Gasteiger partial charge on any atom is 0.133 e. The van der Waals surface area contributed by atoms with Gasteiger partial charge in [0.15, 0.2) is 0 Å². The van der Waals surface area contributed by atoms with Crippen molar-refractivity contribution < 1.29 is 9.84 Å². The smallest absolute Gasteiger partial charge is 0.133 e. The van der Waals surface area contributed by atoms with Gasteiger partial charge in [0.05, 0.1) is 6.10 Å². The molecule has 0 saturated carbocycles. The van der Waals surface area contributed by atoms with Crippen molar-refractivity contribution in [2.75, 3.05) is 0 Å². The Labute approximate surface area is 121 Å². The number of benzene rings is 2. The van der Waals surface area contributed by atoms with Crippen LogP contribution in [0.15, 0.2) is 48.5 Å². The molecule has 20 heavy (non-hydrogen) atoms. The van der Waals surface area contributed by atoms with Gasteiger partial charge in [0, 0.05) is 5.56 Å². The third kappa shape index (κ3) is 3.40. The van der Waals surface area contributed by atoms with Crippen molar-refractivity contribution in [1.29, 1.82) is 0 Å². The van der Waals surface area contributed by atoms with Gasteiger partial charge in [-0.15, -0.1) is 0 Å². The standard InChI is InChI=1S/C18H22O2/c1-3-9-14-10-5-7-12-17(14)20-18-13-8-6-11-15(18)16(19)4-2/h5-8,10-13,16,19H,3-4,9H2,1-2H3. The molecule has 0 amide bonds. The summed E-state index contributed by atoms with van der Waals surface area (Å²) in [5.41, 5.74) is 2.05. The lowest BCUT2D eigenvalue weighted by Gasteiger charge is -2.16. The zero-order chi connectivity index (χ0) is 14.4. The van der Waals surface area contributed by atoms with Crippen LogP contribution in [0.25, 0.3) is 0 Å². The molecule has 2 aromatic rings. The highest BCUT2D eigenvalue weighted by molar-refractivity contribution is 5.42. The number of aryl methyl sites for hydroxylation is 1. The predicted molar refractivity (Wildman–Crippen MR) is 82.2 cm³/mol. The van der Waals surface area contributed by atoms with Gasteiger partial charge in [0.1, 0.15) is 11.5 Å². The average molecular weight is 270 g/mol. The topological polar surface area (TPSA) is 29.5 Å². The Bertz CT molecular complexity index is 549. The number of aliphatic hydroxyl groups is 1. The van der Waals surface area contributed by atoms with E-state index in [9.17, 15) is 5.11 Å².